The number of ether oxygens (including phenoxy) is 1. The molecule has 8 heteroatoms. The molecule has 1 aromatic carbocycles. The summed E-state index contributed by atoms with van der Waals surface area (Å²) in [7, 11) is 1.45. The molecule has 0 fully saturated rings. The molecular weight excluding hydrogens is 342 g/mol. The summed E-state index contributed by atoms with van der Waals surface area (Å²) in [5, 5.41) is 4.56. The van der Waals surface area contributed by atoms with Crippen LogP contribution in [0.5, 0.6) is 0 Å². The number of amides is 2. The number of hydrogen-bond donors (Lipinski definition) is 1. The third kappa shape index (κ3) is 5.25. The molecule has 2 amide bonds. The summed E-state index contributed by atoms with van der Waals surface area (Å²) in [6.45, 7) is 1.12. The van der Waals surface area contributed by atoms with E-state index in [-0.39, 0.29) is 12.5 Å². The minimum Gasteiger partial charge on any atom is -0.452 e. The number of carbonyl (C=O) groups excluding carboxylic acids is 3. The molecule has 0 aliphatic rings. The zero-order valence-electron chi connectivity index (χ0n) is 13.8. The van der Waals surface area contributed by atoms with Crippen LogP contribution in [-0.4, -0.2) is 36.4 Å². The molecule has 0 spiro atoms. The average Bonchev–Trinajstić information content (AvgIpc) is 3.07. The van der Waals surface area contributed by atoms with E-state index >= 15 is 0 Å². The Kier molecular flexibility index (Phi) is 6.41. The second-order valence-electron chi connectivity index (χ2n) is 4.86. The van der Waals surface area contributed by atoms with E-state index in [2.05, 4.69) is 10.3 Å². The Bertz CT molecular complexity index is 786. The summed E-state index contributed by atoms with van der Waals surface area (Å²) in [4.78, 5) is 40.3. The number of rotatable bonds is 6. The number of thiazole rings is 1. The van der Waals surface area contributed by atoms with E-state index < -0.39 is 11.9 Å². The van der Waals surface area contributed by atoms with Gasteiger partial charge in [0, 0.05) is 25.4 Å². The van der Waals surface area contributed by atoms with Gasteiger partial charge in [0.2, 0.25) is 5.91 Å². The molecule has 0 saturated heterocycles. The van der Waals surface area contributed by atoms with Gasteiger partial charge in [-0.05, 0) is 18.2 Å². The lowest BCUT2D eigenvalue weighted by Gasteiger charge is -2.17. The first-order valence-corrected chi connectivity index (χ1v) is 8.26. The maximum absolute atomic E-state index is 12.0. The van der Waals surface area contributed by atoms with Gasteiger partial charge in [0.25, 0.3) is 5.91 Å². The Hall–Kier alpha value is -3.00. The Labute approximate surface area is 148 Å². The van der Waals surface area contributed by atoms with Crippen LogP contribution >= 0.6 is 11.3 Å². The number of aromatic nitrogens is 1. The Morgan fingerprint density at radius 3 is 2.64 bits per heavy atom. The number of likely N-dealkylation sites (N-methyl/N-ethyl adjacent to an activating group) is 1. The van der Waals surface area contributed by atoms with Crippen LogP contribution in [0.4, 0.5) is 10.8 Å². The maximum Gasteiger partial charge on any atom is 0.331 e. The van der Waals surface area contributed by atoms with Crippen LogP contribution in [-0.2, 0) is 19.1 Å². The van der Waals surface area contributed by atoms with Crippen molar-refractivity contribution in [3.05, 3.63) is 47.5 Å². The summed E-state index contributed by atoms with van der Waals surface area (Å²) >= 11 is 1.28. The third-order valence-electron chi connectivity index (χ3n) is 3.04. The molecule has 7 nitrogen and oxygen atoms in total. The molecule has 130 valence electrons. The largest absolute Gasteiger partial charge is 0.452 e. The summed E-state index contributed by atoms with van der Waals surface area (Å²) in [6.07, 6.45) is 2.65. The van der Waals surface area contributed by atoms with Crippen molar-refractivity contribution in [3.63, 3.8) is 0 Å². The van der Waals surface area contributed by atoms with Crippen molar-refractivity contribution in [3.8, 4) is 0 Å². The lowest BCUT2D eigenvalue weighted by molar-refractivity contribution is -0.143. The van der Waals surface area contributed by atoms with Gasteiger partial charge in [0.15, 0.2) is 11.7 Å². The first-order valence-electron chi connectivity index (χ1n) is 7.38. The van der Waals surface area contributed by atoms with Crippen LogP contribution in [0.2, 0.25) is 0 Å². The van der Waals surface area contributed by atoms with Crippen LogP contribution < -0.4 is 10.2 Å². The maximum atomic E-state index is 12.0. The summed E-state index contributed by atoms with van der Waals surface area (Å²) in [5.41, 5.74) is 1.23. The van der Waals surface area contributed by atoms with E-state index in [9.17, 15) is 14.4 Å². The predicted octanol–water partition coefficient (Wildman–Crippen LogP) is 2.13. The molecule has 0 unspecified atom stereocenters. The van der Waals surface area contributed by atoms with E-state index in [0.717, 1.165) is 0 Å². The second-order valence-corrected chi connectivity index (χ2v) is 5.70. The highest BCUT2D eigenvalue weighted by Gasteiger charge is 2.17. The van der Waals surface area contributed by atoms with Crippen molar-refractivity contribution in [2.45, 2.75) is 6.92 Å². The van der Waals surface area contributed by atoms with E-state index in [0.29, 0.717) is 16.5 Å². The normalized spacial score (nSPS) is 10.5. The van der Waals surface area contributed by atoms with Crippen molar-refractivity contribution >= 4 is 46.0 Å². The lowest BCUT2D eigenvalue weighted by Crippen LogP contribution is -2.24. The van der Waals surface area contributed by atoms with Gasteiger partial charge >= 0.3 is 5.97 Å². The molecule has 25 heavy (non-hydrogen) atoms. The topological polar surface area (TPSA) is 88.6 Å². The molecule has 1 N–H and O–H groups in total. The van der Waals surface area contributed by atoms with Gasteiger partial charge in [-0.15, -0.1) is 11.3 Å². The lowest BCUT2D eigenvalue weighted by atomic mass is 10.3. The molecule has 2 aromatic rings. The fourth-order valence-corrected chi connectivity index (χ4v) is 2.72. The van der Waals surface area contributed by atoms with Gasteiger partial charge in [0.1, 0.15) is 0 Å². The minimum absolute atomic E-state index is 0.166. The third-order valence-corrected chi connectivity index (χ3v) is 3.89. The van der Waals surface area contributed by atoms with Crippen molar-refractivity contribution in [1.29, 1.82) is 0 Å². The second kappa shape index (κ2) is 8.74. The van der Waals surface area contributed by atoms with E-state index in [4.69, 9.17) is 4.74 Å². The molecule has 1 heterocycles. The standard InChI is InChI=1S/C17H17N3O4S/c1-12(21)20(14-6-4-3-5-7-14)17-19-13(11-25-17)8-9-16(23)24-10-15(22)18-2/h3-9,11H,10H2,1-2H3,(H,18,22)/b9-8+. The van der Waals surface area contributed by atoms with Gasteiger partial charge in [-0.25, -0.2) is 9.78 Å². The van der Waals surface area contributed by atoms with Gasteiger partial charge < -0.3 is 10.1 Å². The number of para-hydroxylation sites is 1. The van der Waals surface area contributed by atoms with Crippen molar-refractivity contribution in [2.75, 3.05) is 18.6 Å². The summed E-state index contributed by atoms with van der Waals surface area (Å²) < 4.78 is 4.75. The molecule has 0 aliphatic carbocycles. The number of carbonyl (C=O) groups is 3. The number of esters is 1. The smallest absolute Gasteiger partial charge is 0.331 e. The predicted molar refractivity (Wildman–Crippen MR) is 95.4 cm³/mol. The molecule has 0 radical (unpaired) electrons. The first-order chi connectivity index (χ1) is 12.0. The van der Waals surface area contributed by atoms with Gasteiger partial charge in [-0.2, -0.15) is 0 Å². The van der Waals surface area contributed by atoms with Gasteiger partial charge in [-0.3, -0.25) is 14.5 Å². The summed E-state index contributed by atoms with van der Waals surface area (Å²) in [5.74, 6) is -1.21. The minimum atomic E-state index is -0.648. The molecule has 2 rings (SSSR count). The van der Waals surface area contributed by atoms with Gasteiger partial charge in [-0.1, -0.05) is 18.2 Å². The van der Waals surface area contributed by atoms with E-state index in [1.807, 2.05) is 30.3 Å². The number of hydrogen-bond acceptors (Lipinski definition) is 6. The van der Waals surface area contributed by atoms with Crippen LogP contribution in [0.1, 0.15) is 12.6 Å². The molecule has 0 saturated carbocycles. The highest BCUT2D eigenvalue weighted by molar-refractivity contribution is 7.14. The average molecular weight is 359 g/mol. The Morgan fingerprint density at radius 2 is 2.00 bits per heavy atom. The van der Waals surface area contributed by atoms with Crippen LogP contribution in [0.25, 0.3) is 6.08 Å². The number of benzene rings is 1. The number of nitrogens with zero attached hydrogens (tertiary/aromatic N) is 2. The van der Waals surface area contributed by atoms with Crippen molar-refractivity contribution < 1.29 is 19.1 Å². The fourth-order valence-electron chi connectivity index (χ4n) is 1.87. The van der Waals surface area contributed by atoms with Gasteiger partial charge in [0.05, 0.1) is 11.4 Å². The van der Waals surface area contributed by atoms with E-state index in [1.165, 1.54) is 42.4 Å². The SMILES string of the molecule is CNC(=O)COC(=O)/C=C/c1csc(N(C(C)=O)c2ccccc2)n1. The quantitative estimate of drug-likeness (QED) is 0.630. The number of nitrogens with one attached hydrogen (secondary N) is 1. The van der Waals surface area contributed by atoms with Crippen LogP contribution in [0, 0.1) is 0 Å². The fraction of sp³-hybridized carbons (Fsp3) is 0.176. The Morgan fingerprint density at radius 1 is 1.28 bits per heavy atom. The molecule has 0 bridgehead atoms. The molecule has 0 aliphatic heterocycles. The van der Waals surface area contributed by atoms with Crippen LogP contribution in [0.3, 0.4) is 0 Å². The zero-order chi connectivity index (χ0) is 18.2. The first kappa shape index (κ1) is 18.3. The highest BCUT2D eigenvalue weighted by Crippen LogP contribution is 2.28. The Balaban J connectivity index is 2.08. The highest BCUT2D eigenvalue weighted by atomic mass is 32.1. The monoisotopic (exact) mass is 359 g/mol. The zero-order valence-corrected chi connectivity index (χ0v) is 14.6. The summed E-state index contributed by atoms with van der Waals surface area (Å²) in [6, 6.07) is 9.16. The van der Waals surface area contributed by atoms with E-state index in [1.54, 1.807) is 5.38 Å². The van der Waals surface area contributed by atoms with Crippen molar-refractivity contribution in [2.24, 2.45) is 0 Å². The van der Waals surface area contributed by atoms with Crippen LogP contribution in [0.15, 0.2) is 41.8 Å². The molecule has 0 atom stereocenters. The number of anilines is 2. The molecular formula is C17H17N3O4S. The molecule has 1 aromatic heterocycles. The van der Waals surface area contributed by atoms with Crippen molar-refractivity contribution in [1.82, 2.24) is 10.3 Å².